The highest BCUT2D eigenvalue weighted by atomic mass is 32.1. The normalized spacial score (nSPS) is 21.1. The number of rotatable bonds is 2. The van der Waals surface area contributed by atoms with E-state index < -0.39 is 5.54 Å². The van der Waals surface area contributed by atoms with E-state index in [-0.39, 0.29) is 5.82 Å². The molecule has 3 rings (SSSR count). The summed E-state index contributed by atoms with van der Waals surface area (Å²) in [6, 6.07) is 9.25. The van der Waals surface area contributed by atoms with Crippen LogP contribution in [0.2, 0.25) is 0 Å². The molecule has 0 fully saturated rings. The van der Waals surface area contributed by atoms with Crippen LogP contribution >= 0.6 is 11.3 Å². The molecule has 4 heteroatoms. The van der Waals surface area contributed by atoms with E-state index in [1.807, 2.05) is 24.4 Å². The van der Waals surface area contributed by atoms with Gasteiger partial charge in [0.25, 0.3) is 0 Å². The zero-order valence-electron chi connectivity index (χ0n) is 11.2. The molecule has 0 bridgehead atoms. The van der Waals surface area contributed by atoms with Gasteiger partial charge in [0.05, 0.1) is 6.07 Å². The first kappa shape index (κ1) is 13.1. The molecule has 1 N–H and O–H groups in total. The van der Waals surface area contributed by atoms with Gasteiger partial charge in [-0.25, -0.2) is 4.39 Å². The van der Waals surface area contributed by atoms with E-state index in [4.69, 9.17) is 0 Å². The molecular weight excluding hydrogens is 271 g/mol. The van der Waals surface area contributed by atoms with Crippen LogP contribution in [0.4, 0.5) is 10.1 Å². The second kappa shape index (κ2) is 4.92. The fraction of sp³-hybridized carbons (Fsp3) is 0.312. The van der Waals surface area contributed by atoms with E-state index in [9.17, 15) is 9.65 Å². The Bertz CT molecular complexity index is 666. The van der Waals surface area contributed by atoms with Crippen molar-refractivity contribution < 1.29 is 4.39 Å². The minimum Gasteiger partial charge on any atom is -0.364 e. The van der Waals surface area contributed by atoms with E-state index in [0.29, 0.717) is 5.69 Å². The van der Waals surface area contributed by atoms with Crippen LogP contribution in [0.15, 0.2) is 29.6 Å². The standard InChI is InChI=1S/C16H15FN2S/c1-11-7-12(17)9-13(8-11)19-16(10-18)5-2-3-15-14(16)4-6-20-15/h4,6-9,19H,2-3,5H2,1H3. The molecule has 0 aliphatic heterocycles. The molecule has 0 radical (unpaired) electrons. The summed E-state index contributed by atoms with van der Waals surface area (Å²) in [5.41, 5.74) is 1.84. The van der Waals surface area contributed by atoms with Crippen molar-refractivity contribution in [3.8, 4) is 6.07 Å². The Morgan fingerprint density at radius 3 is 3.00 bits per heavy atom. The minimum absolute atomic E-state index is 0.276. The lowest BCUT2D eigenvalue weighted by Crippen LogP contribution is -2.36. The SMILES string of the molecule is Cc1cc(F)cc(NC2(C#N)CCCc3sccc32)c1. The Labute approximate surface area is 121 Å². The molecule has 0 amide bonds. The van der Waals surface area contributed by atoms with Crippen molar-refractivity contribution in [2.24, 2.45) is 0 Å². The molecule has 1 aromatic heterocycles. The van der Waals surface area contributed by atoms with Crippen LogP contribution in [0.3, 0.4) is 0 Å². The average molecular weight is 286 g/mol. The van der Waals surface area contributed by atoms with Gasteiger partial charge in [-0.1, -0.05) is 0 Å². The maximum absolute atomic E-state index is 13.5. The van der Waals surface area contributed by atoms with Gasteiger partial charge >= 0.3 is 0 Å². The summed E-state index contributed by atoms with van der Waals surface area (Å²) in [6.45, 7) is 1.85. The number of hydrogen-bond donors (Lipinski definition) is 1. The lowest BCUT2D eigenvalue weighted by atomic mass is 9.81. The highest BCUT2D eigenvalue weighted by Crippen LogP contribution is 2.40. The first-order chi connectivity index (χ1) is 9.63. The van der Waals surface area contributed by atoms with Crippen molar-refractivity contribution in [1.29, 1.82) is 5.26 Å². The van der Waals surface area contributed by atoms with Gasteiger partial charge in [-0.05, 0) is 61.4 Å². The van der Waals surface area contributed by atoms with Gasteiger partial charge in [0.2, 0.25) is 0 Å². The number of benzene rings is 1. The second-order valence-electron chi connectivity index (χ2n) is 5.27. The first-order valence-electron chi connectivity index (χ1n) is 6.66. The Morgan fingerprint density at radius 1 is 1.40 bits per heavy atom. The van der Waals surface area contributed by atoms with Crippen molar-refractivity contribution in [3.63, 3.8) is 0 Å². The van der Waals surface area contributed by atoms with Gasteiger partial charge in [-0.15, -0.1) is 11.3 Å². The number of thiophene rings is 1. The Kier molecular flexibility index (Phi) is 3.23. The van der Waals surface area contributed by atoms with E-state index in [1.165, 1.54) is 17.0 Å². The number of halogens is 1. The summed E-state index contributed by atoms with van der Waals surface area (Å²) in [5, 5.41) is 15.0. The molecule has 0 saturated carbocycles. The monoisotopic (exact) mass is 286 g/mol. The number of nitriles is 1. The van der Waals surface area contributed by atoms with Gasteiger partial charge in [0, 0.05) is 16.1 Å². The van der Waals surface area contributed by atoms with E-state index in [2.05, 4.69) is 11.4 Å². The van der Waals surface area contributed by atoms with Gasteiger partial charge in [0.15, 0.2) is 5.54 Å². The molecule has 1 aromatic carbocycles. The number of nitrogens with one attached hydrogen (secondary N) is 1. The Hall–Kier alpha value is -1.86. The molecule has 1 aliphatic rings. The number of aryl methyl sites for hydroxylation is 2. The number of nitrogens with zero attached hydrogens (tertiary/aromatic N) is 1. The number of fused-ring (bicyclic) bond motifs is 1. The third kappa shape index (κ3) is 2.19. The van der Waals surface area contributed by atoms with E-state index in [0.717, 1.165) is 30.4 Å². The third-order valence-corrected chi connectivity index (χ3v) is 4.73. The molecule has 20 heavy (non-hydrogen) atoms. The smallest absolute Gasteiger partial charge is 0.152 e. The van der Waals surface area contributed by atoms with E-state index in [1.54, 1.807) is 11.3 Å². The first-order valence-corrected chi connectivity index (χ1v) is 7.54. The van der Waals surface area contributed by atoms with Crippen LogP contribution in [-0.2, 0) is 12.0 Å². The summed E-state index contributed by atoms with van der Waals surface area (Å²) in [5.74, 6) is -0.276. The topological polar surface area (TPSA) is 35.8 Å². The van der Waals surface area contributed by atoms with Crippen molar-refractivity contribution in [2.45, 2.75) is 31.7 Å². The number of hydrogen-bond acceptors (Lipinski definition) is 3. The molecular formula is C16H15FN2S. The molecule has 1 unspecified atom stereocenters. The quantitative estimate of drug-likeness (QED) is 0.890. The lowest BCUT2D eigenvalue weighted by molar-refractivity contribution is 0.510. The third-order valence-electron chi connectivity index (χ3n) is 3.75. The summed E-state index contributed by atoms with van der Waals surface area (Å²) in [6.07, 6.45) is 2.76. The maximum Gasteiger partial charge on any atom is 0.152 e. The van der Waals surface area contributed by atoms with Crippen LogP contribution in [0, 0.1) is 24.1 Å². The van der Waals surface area contributed by atoms with Crippen LogP contribution in [0.1, 0.15) is 28.8 Å². The summed E-state index contributed by atoms with van der Waals surface area (Å²) < 4.78 is 13.5. The largest absolute Gasteiger partial charge is 0.364 e. The number of anilines is 1. The summed E-state index contributed by atoms with van der Waals surface area (Å²) >= 11 is 1.69. The van der Waals surface area contributed by atoms with E-state index >= 15 is 0 Å². The fourth-order valence-corrected chi connectivity index (χ4v) is 3.89. The summed E-state index contributed by atoms with van der Waals surface area (Å²) in [4.78, 5) is 1.26. The molecule has 0 spiro atoms. The van der Waals surface area contributed by atoms with Gasteiger partial charge < -0.3 is 5.32 Å². The van der Waals surface area contributed by atoms with Gasteiger partial charge in [0.1, 0.15) is 5.82 Å². The van der Waals surface area contributed by atoms with Crippen molar-refractivity contribution in [2.75, 3.05) is 5.32 Å². The Balaban J connectivity index is 2.02. The van der Waals surface area contributed by atoms with Crippen molar-refractivity contribution in [1.82, 2.24) is 0 Å². The molecule has 2 nitrogen and oxygen atoms in total. The zero-order valence-corrected chi connectivity index (χ0v) is 12.1. The molecule has 0 saturated heterocycles. The molecule has 1 heterocycles. The molecule has 102 valence electrons. The molecule has 1 atom stereocenters. The fourth-order valence-electron chi connectivity index (χ4n) is 2.89. The summed E-state index contributed by atoms with van der Waals surface area (Å²) in [7, 11) is 0. The van der Waals surface area contributed by atoms with Crippen molar-refractivity contribution in [3.05, 3.63) is 51.5 Å². The molecule has 1 aliphatic carbocycles. The van der Waals surface area contributed by atoms with Gasteiger partial charge in [-0.3, -0.25) is 0 Å². The second-order valence-corrected chi connectivity index (χ2v) is 6.27. The van der Waals surface area contributed by atoms with Crippen molar-refractivity contribution >= 4 is 17.0 Å². The predicted molar refractivity (Wildman–Crippen MR) is 79.3 cm³/mol. The van der Waals surface area contributed by atoms with Gasteiger partial charge in [-0.2, -0.15) is 5.26 Å². The predicted octanol–water partition coefficient (Wildman–Crippen LogP) is 4.36. The van der Waals surface area contributed by atoms with Crippen LogP contribution in [0.5, 0.6) is 0 Å². The average Bonchev–Trinajstić information content (AvgIpc) is 2.87. The zero-order chi connectivity index (χ0) is 14.2. The van der Waals surface area contributed by atoms with Crippen LogP contribution < -0.4 is 5.32 Å². The lowest BCUT2D eigenvalue weighted by Gasteiger charge is -2.33. The van der Waals surface area contributed by atoms with Crippen LogP contribution in [-0.4, -0.2) is 0 Å². The Morgan fingerprint density at radius 2 is 2.25 bits per heavy atom. The molecule has 2 aromatic rings. The highest BCUT2D eigenvalue weighted by Gasteiger charge is 2.37. The van der Waals surface area contributed by atoms with Crippen LogP contribution in [0.25, 0.3) is 0 Å². The highest BCUT2D eigenvalue weighted by molar-refractivity contribution is 7.10. The minimum atomic E-state index is -0.728. The maximum atomic E-state index is 13.5.